The fraction of sp³-hybridized carbons (Fsp3) is 0.304. The smallest absolute Gasteiger partial charge is 0.255 e. The van der Waals surface area contributed by atoms with Crippen LogP contribution in [0.25, 0.3) is 6.08 Å². The third-order valence-electron chi connectivity index (χ3n) is 4.76. The highest BCUT2D eigenvalue weighted by molar-refractivity contribution is 6.02. The van der Waals surface area contributed by atoms with Crippen LogP contribution < -0.4 is 20.5 Å². The predicted molar refractivity (Wildman–Crippen MR) is 118 cm³/mol. The van der Waals surface area contributed by atoms with Gasteiger partial charge in [-0.2, -0.15) is 0 Å². The summed E-state index contributed by atoms with van der Waals surface area (Å²) in [5.41, 5.74) is 7.70. The molecule has 8 nitrogen and oxygen atoms in total. The van der Waals surface area contributed by atoms with E-state index in [1.165, 1.54) is 13.2 Å². The third-order valence-corrected chi connectivity index (χ3v) is 4.76. The summed E-state index contributed by atoms with van der Waals surface area (Å²) in [6.45, 7) is 3.73. The topological polar surface area (TPSA) is 103 Å². The standard InChI is InChI=1S/C23H27N3O5/c1-29-21-14-17(6-8-20(21)31-16-22(24)27)7-9-23(28)25-19-5-3-2-4-18(19)15-26-10-12-30-13-11-26/h2-9,14H,10-13,15-16H2,1H3,(H2,24,27)(H,25,28). The Morgan fingerprint density at radius 1 is 1.16 bits per heavy atom. The van der Waals surface area contributed by atoms with Crippen molar-refractivity contribution in [2.75, 3.05) is 45.3 Å². The van der Waals surface area contributed by atoms with Crippen molar-refractivity contribution in [2.24, 2.45) is 5.73 Å². The van der Waals surface area contributed by atoms with Crippen molar-refractivity contribution < 1.29 is 23.8 Å². The Kier molecular flexibility index (Phi) is 8.03. The molecule has 0 saturated carbocycles. The Balaban J connectivity index is 1.63. The molecule has 2 amide bonds. The molecule has 0 atom stereocenters. The van der Waals surface area contributed by atoms with Crippen LogP contribution in [0, 0.1) is 0 Å². The Bertz CT molecular complexity index is 939. The number of carbonyl (C=O) groups excluding carboxylic acids is 2. The molecule has 1 aliphatic rings. The SMILES string of the molecule is COc1cc(C=CC(=O)Nc2ccccc2CN2CCOCC2)ccc1OCC(N)=O. The predicted octanol–water partition coefficient (Wildman–Crippen LogP) is 2.04. The van der Waals surface area contributed by atoms with E-state index < -0.39 is 5.91 Å². The van der Waals surface area contributed by atoms with Crippen LogP contribution in [0.1, 0.15) is 11.1 Å². The second-order valence-electron chi connectivity index (χ2n) is 7.03. The van der Waals surface area contributed by atoms with Crippen molar-refractivity contribution in [3.8, 4) is 11.5 Å². The number of methoxy groups -OCH3 is 1. The van der Waals surface area contributed by atoms with E-state index in [2.05, 4.69) is 10.2 Å². The van der Waals surface area contributed by atoms with Crippen LogP contribution in [0.5, 0.6) is 11.5 Å². The number of nitrogens with one attached hydrogen (secondary N) is 1. The molecule has 0 spiro atoms. The van der Waals surface area contributed by atoms with Gasteiger partial charge in [-0.15, -0.1) is 0 Å². The molecule has 0 unspecified atom stereocenters. The molecule has 0 aliphatic carbocycles. The minimum absolute atomic E-state index is 0.234. The van der Waals surface area contributed by atoms with E-state index in [0.29, 0.717) is 11.5 Å². The van der Waals surface area contributed by atoms with Crippen molar-refractivity contribution in [3.63, 3.8) is 0 Å². The number of hydrogen-bond donors (Lipinski definition) is 2. The number of rotatable bonds is 9. The third kappa shape index (κ3) is 6.84. The number of nitrogens with two attached hydrogens (primary N) is 1. The Morgan fingerprint density at radius 3 is 2.68 bits per heavy atom. The van der Waals surface area contributed by atoms with Gasteiger partial charge in [0.05, 0.1) is 20.3 Å². The molecule has 2 aromatic carbocycles. The molecule has 2 aromatic rings. The summed E-state index contributed by atoms with van der Waals surface area (Å²) < 4.78 is 16.0. The average Bonchev–Trinajstić information content (AvgIpc) is 2.78. The normalized spacial score (nSPS) is 14.4. The van der Waals surface area contributed by atoms with Gasteiger partial charge in [-0.25, -0.2) is 0 Å². The summed E-state index contributed by atoms with van der Waals surface area (Å²) in [4.78, 5) is 25.7. The first-order valence-corrected chi connectivity index (χ1v) is 10.0. The van der Waals surface area contributed by atoms with Gasteiger partial charge in [0.1, 0.15) is 0 Å². The number of nitrogens with zero attached hydrogens (tertiary/aromatic N) is 1. The van der Waals surface area contributed by atoms with Gasteiger partial charge >= 0.3 is 0 Å². The number of ether oxygens (including phenoxy) is 3. The maximum Gasteiger partial charge on any atom is 0.255 e. The van der Waals surface area contributed by atoms with Crippen LogP contribution in [0.15, 0.2) is 48.5 Å². The minimum Gasteiger partial charge on any atom is -0.493 e. The highest BCUT2D eigenvalue weighted by Gasteiger charge is 2.13. The molecule has 8 heteroatoms. The van der Waals surface area contributed by atoms with Gasteiger partial charge in [0.2, 0.25) is 5.91 Å². The minimum atomic E-state index is -0.573. The van der Waals surface area contributed by atoms with E-state index in [1.807, 2.05) is 24.3 Å². The van der Waals surface area contributed by atoms with Crippen LogP contribution >= 0.6 is 0 Å². The number of primary amides is 1. The summed E-state index contributed by atoms with van der Waals surface area (Å²) in [6.07, 6.45) is 3.14. The van der Waals surface area contributed by atoms with Gasteiger partial charge < -0.3 is 25.3 Å². The highest BCUT2D eigenvalue weighted by Crippen LogP contribution is 2.28. The van der Waals surface area contributed by atoms with Crippen molar-refractivity contribution >= 4 is 23.6 Å². The van der Waals surface area contributed by atoms with E-state index in [-0.39, 0.29) is 12.5 Å². The van der Waals surface area contributed by atoms with Gasteiger partial charge in [-0.05, 0) is 35.4 Å². The zero-order valence-corrected chi connectivity index (χ0v) is 17.5. The van der Waals surface area contributed by atoms with Crippen molar-refractivity contribution in [1.82, 2.24) is 4.90 Å². The first kappa shape index (κ1) is 22.3. The first-order valence-electron chi connectivity index (χ1n) is 10.0. The second kappa shape index (κ2) is 11.1. The van der Waals surface area contributed by atoms with Crippen LogP contribution in [-0.4, -0.2) is 56.7 Å². The highest BCUT2D eigenvalue weighted by atomic mass is 16.5. The number of anilines is 1. The van der Waals surface area contributed by atoms with Crippen LogP contribution in [-0.2, 0) is 20.9 Å². The number of benzene rings is 2. The van der Waals surface area contributed by atoms with Crippen molar-refractivity contribution in [1.29, 1.82) is 0 Å². The quantitative estimate of drug-likeness (QED) is 0.596. The Labute approximate surface area is 181 Å². The summed E-state index contributed by atoms with van der Waals surface area (Å²) >= 11 is 0. The van der Waals surface area contributed by atoms with Gasteiger partial charge in [-0.1, -0.05) is 24.3 Å². The summed E-state index contributed by atoms with van der Waals surface area (Å²) in [5.74, 6) is 0.0404. The van der Waals surface area contributed by atoms with E-state index in [4.69, 9.17) is 19.9 Å². The van der Waals surface area contributed by atoms with Gasteiger partial charge in [0.25, 0.3) is 5.91 Å². The largest absolute Gasteiger partial charge is 0.493 e. The van der Waals surface area contributed by atoms with Crippen molar-refractivity contribution in [3.05, 3.63) is 59.7 Å². The number of carbonyl (C=O) groups is 2. The Hall–Kier alpha value is -3.36. The lowest BCUT2D eigenvalue weighted by Crippen LogP contribution is -2.35. The molecular formula is C23H27N3O5. The molecular weight excluding hydrogens is 398 g/mol. The fourth-order valence-electron chi connectivity index (χ4n) is 3.18. The molecule has 3 rings (SSSR count). The fourth-order valence-corrected chi connectivity index (χ4v) is 3.18. The zero-order chi connectivity index (χ0) is 22.1. The summed E-state index contributed by atoms with van der Waals surface area (Å²) in [7, 11) is 1.50. The van der Waals surface area contributed by atoms with Crippen LogP contribution in [0.2, 0.25) is 0 Å². The lowest BCUT2D eigenvalue weighted by Gasteiger charge is -2.27. The van der Waals surface area contributed by atoms with Gasteiger partial charge in [-0.3, -0.25) is 14.5 Å². The molecule has 1 aliphatic heterocycles. The van der Waals surface area contributed by atoms with E-state index >= 15 is 0 Å². The molecule has 1 saturated heterocycles. The summed E-state index contributed by atoms with van der Waals surface area (Å²) in [6, 6.07) is 12.9. The maximum atomic E-state index is 12.5. The molecule has 1 fully saturated rings. The summed E-state index contributed by atoms with van der Waals surface area (Å²) in [5, 5.41) is 2.95. The monoisotopic (exact) mass is 425 g/mol. The number of morpholine rings is 1. The van der Waals surface area contributed by atoms with E-state index in [9.17, 15) is 9.59 Å². The number of amides is 2. The molecule has 3 N–H and O–H groups in total. The Morgan fingerprint density at radius 2 is 1.94 bits per heavy atom. The molecule has 164 valence electrons. The maximum absolute atomic E-state index is 12.5. The molecule has 1 heterocycles. The second-order valence-corrected chi connectivity index (χ2v) is 7.03. The zero-order valence-electron chi connectivity index (χ0n) is 17.5. The molecule has 0 aromatic heterocycles. The first-order chi connectivity index (χ1) is 15.0. The van der Waals surface area contributed by atoms with Gasteiger partial charge in [0.15, 0.2) is 18.1 Å². The lowest BCUT2D eigenvalue weighted by molar-refractivity contribution is -0.120. The van der Waals surface area contributed by atoms with Crippen LogP contribution in [0.3, 0.4) is 0 Å². The number of para-hydroxylation sites is 1. The number of hydrogen-bond acceptors (Lipinski definition) is 6. The van der Waals surface area contributed by atoms with Crippen molar-refractivity contribution in [2.45, 2.75) is 6.54 Å². The molecule has 0 radical (unpaired) electrons. The van der Waals surface area contributed by atoms with Gasteiger partial charge in [0, 0.05) is 31.4 Å². The average molecular weight is 425 g/mol. The lowest BCUT2D eigenvalue weighted by atomic mass is 10.1. The van der Waals surface area contributed by atoms with E-state index in [1.54, 1.807) is 24.3 Å². The molecule has 31 heavy (non-hydrogen) atoms. The van der Waals surface area contributed by atoms with E-state index in [0.717, 1.165) is 49.7 Å². The van der Waals surface area contributed by atoms with Crippen LogP contribution in [0.4, 0.5) is 5.69 Å². The molecule has 0 bridgehead atoms.